The Labute approximate surface area is 217 Å². The minimum atomic E-state index is -1.04. The molecule has 0 aliphatic carbocycles. The van der Waals surface area contributed by atoms with E-state index in [4.69, 9.17) is 14.2 Å². The van der Waals surface area contributed by atoms with E-state index in [9.17, 15) is 19.8 Å². The Morgan fingerprint density at radius 2 is 1.46 bits per heavy atom. The third-order valence-corrected chi connectivity index (χ3v) is 5.66. The second-order valence-corrected chi connectivity index (χ2v) is 9.94. The highest BCUT2D eigenvalue weighted by molar-refractivity contribution is 6.02. The van der Waals surface area contributed by atoms with Crippen LogP contribution < -0.4 is 14.2 Å². The number of unbranched alkanes of at least 4 members (excludes halogenated alkanes) is 1. The molecule has 3 aromatic rings. The summed E-state index contributed by atoms with van der Waals surface area (Å²) in [5.41, 5.74) is 1.46. The summed E-state index contributed by atoms with van der Waals surface area (Å²) in [4.78, 5) is 24.1. The molecule has 7 heteroatoms. The van der Waals surface area contributed by atoms with Crippen molar-refractivity contribution in [2.24, 2.45) is 5.41 Å². The Bertz CT molecular complexity index is 1230. The molecular formula is C30H34O7. The van der Waals surface area contributed by atoms with Crippen LogP contribution in [0.1, 0.15) is 60.7 Å². The number of phenolic OH excluding ortho intramolecular Hbond substituents is 1. The Kier molecular flexibility index (Phi) is 9.17. The average Bonchev–Trinajstić information content (AvgIpc) is 2.85. The maximum absolute atomic E-state index is 12.9. The fraction of sp³-hybridized carbons (Fsp3) is 0.333. The normalized spacial score (nSPS) is 11.1. The van der Waals surface area contributed by atoms with E-state index in [0.29, 0.717) is 55.3 Å². The summed E-state index contributed by atoms with van der Waals surface area (Å²) in [7, 11) is 1.50. The largest absolute Gasteiger partial charge is 0.506 e. The maximum Gasteiger partial charge on any atom is 0.335 e. The molecule has 0 unspecified atom stereocenters. The minimum absolute atomic E-state index is 0.0771. The van der Waals surface area contributed by atoms with Crippen LogP contribution in [0, 0.1) is 5.41 Å². The van der Waals surface area contributed by atoms with E-state index in [1.165, 1.54) is 19.2 Å². The maximum atomic E-state index is 12.9. The zero-order valence-corrected chi connectivity index (χ0v) is 21.7. The molecule has 0 atom stereocenters. The molecule has 0 aromatic heterocycles. The van der Waals surface area contributed by atoms with E-state index in [2.05, 4.69) is 0 Å². The van der Waals surface area contributed by atoms with Crippen molar-refractivity contribution in [2.45, 2.75) is 40.0 Å². The van der Waals surface area contributed by atoms with Crippen molar-refractivity contribution in [3.05, 3.63) is 71.8 Å². The van der Waals surface area contributed by atoms with Crippen molar-refractivity contribution >= 4 is 11.8 Å². The van der Waals surface area contributed by atoms with Crippen LogP contribution in [0.15, 0.2) is 60.7 Å². The van der Waals surface area contributed by atoms with Gasteiger partial charge >= 0.3 is 5.97 Å². The molecule has 7 nitrogen and oxygen atoms in total. The van der Waals surface area contributed by atoms with Crippen LogP contribution >= 0.6 is 0 Å². The second-order valence-electron chi connectivity index (χ2n) is 9.94. The Balaban J connectivity index is 1.67. The van der Waals surface area contributed by atoms with Gasteiger partial charge in [-0.05, 0) is 54.2 Å². The Morgan fingerprint density at radius 1 is 0.838 bits per heavy atom. The van der Waals surface area contributed by atoms with Crippen molar-refractivity contribution in [1.82, 2.24) is 0 Å². The van der Waals surface area contributed by atoms with Crippen molar-refractivity contribution < 1.29 is 34.0 Å². The first-order valence-electron chi connectivity index (χ1n) is 12.2. The van der Waals surface area contributed by atoms with Gasteiger partial charge in [0.05, 0.1) is 37.0 Å². The third-order valence-electron chi connectivity index (χ3n) is 5.66. The monoisotopic (exact) mass is 506 g/mol. The Hall–Kier alpha value is -4.00. The summed E-state index contributed by atoms with van der Waals surface area (Å²) in [6.45, 7) is 6.67. The number of carboxylic acids is 1. The highest BCUT2D eigenvalue weighted by atomic mass is 16.5. The van der Waals surface area contributed by atoms with E-state index >= 15 is 0 Å². The Morgan fingerprint density at radius 3 is 2.05 bits per heavy atom. The first kappa shape index (κ1) is 27.6. The van der Waals surface area contributed by atoms with Crippen molar-refractivity contribution in [3.63, 3.8) is 0 Å². The predicted octanol–water partition coefficient (Wildman–Crippen LogP) is 6.62. The summed E-state index contributed by atoms with van der Waals surface area (Å²) >= 11 is 0. The molecule has 0 saturated carbocycles. The molecular weight excluding hydrogens is 472 g/mol. The lowest BCUT2D eigenvalue weighted by Crippen LogP contribution is -2.13. The van der Waals surface area contributed by atoms with Gasteiger partial charge in [-0.2, -0.15) is 0 Å². The molecule has 196 valence electrons. The standard InChI is InChI=1S/C30H34O7/c1-30(2,3)19-23(31)22-13-15-25(27(28(22)32)20-10-6-5-7-11-20)36-16-8-9-17-37-26-18-21(29(33)34)12-14-24(26)35-4/h5-7,10-15,18,32H,8-9,16-17,19H2,1-4H3,(H,33,34). The molecule has 2 N–H and O–H groups in total. The average molecular weight is 507 g/mol. The molecule has 0 aliphatic heterocycles. The zero-order valence-electron chi connectivity index (χ0n) is 21.7. The lowest BCUT2D eigenvalue weighted by Gasteiger charge is -2.19. The number of rotatable bonds is 12. The topological polar surface area (TPSA) is 102 Å². The summed E-state index contributed by atoms with van der Waals surface area (Å²) in [6.07, 6.45) is 1.62. The number of benzene rings is 3. The zero-order chi connectivity index (χ0) is 27.0. The van der Waals surface area contributed by atoms with Gasteiger partial charge in [-0.15, -0.1) is 0 Å². The second kappa shape index (κ2) is 12.3. The fourth-order valence-electron chi connectivity index (χ4n) is 3.87. The smallest absolute Gasteiger partial charge is 0.335 e. The predicted molar refractivity (Wildman–Crippen MR) is 142 cm³/mol. The lowest BCUT2D eigenvalue weighted by molar-refractivity contribution is 0.0696. The number of ether oxygens (including phenoxy) is 3. The molecule has 0 radical (unpaired) electrons. The quantitative estimate of drug-likeness (QED) is 0.210. The van der Waals surface area contributed by atoms with Gasteiger partial charge in [0.25, 0.3) is 0 Å². The number of aromatic carboxylic acids is 1. The highest BCUT2D eigenvalue weighted by Crippen LogP contribution is 2.41. The van der Waals surface area contributed by atoms with Gasteiger partial charge in [0.2, 0.25) is 0 Å². The van der Waals surface area contributed by atoms with Crippen molar-refractivity contribution in [3.8, 4) is 34.1 Å². The number of phenols is 1. The van der Waals surface area contributed by atoms with Gasteiger partial charge in [0.15, 0.2) is 17.3 Å². The van der Waals surface area contributed by atoms with Gasteiger partial charge in [-0.25, -0.2) is 4.79 Å². The van der Waals surface area contributed by atoms with Crippen LogP contribution in [0.3, 0.4) is 0 Å². The summed E-state index contributed by atoms with van der Waals surface area (Å²) in [6, 6.07) is 17.2. The van der Waals surface area contributed by atoms with E-state index in [1.807, 2.05) is 51.1 Å². The van der Waals surface area contributed by atoms with E-state index in [-0.39, 0.29) is 28.1 Å². The van der Waals surface area contributed by atoms with Crippen LogP contribution in [0.25, 0.3) is 11.1 Å². The SMILES string of the molecule is COc1ccc(C(=O)O)cc1OCCCCOc1ccc(C(=O)CC(C)(C)C)c(O)c1-c1ccccc1. The molecule has 0 amide bonds. The molecule has 0 fully saturated rings. The number of aromatic hydroxyl groups is 1. The molecule has 37 heavy (non-hydrogen) atoms. The molecule has 0 aliphatic rings. The summed E-state index contributed by atoms with van der Waals surface area (Å²) < 4.78 is 17.0. The van der Waals surface area contributed by atoms with E-state index in [1.54, 1.807) is 18.2 Å². The number of carbonyl (C=O) groups excluding carboxylic acids is 1. The number of ketones is 1. The molecule has 3 rings (SSSR count). The van der Waals surface area contributed by atoms with Gasteiger partial charge in [0, 0.05) is 6.42 Å². The summed E-state index contributed by atoms with van der Waals surface area (Å²) in [5.74, 6) is 0.0951. The number of hydrogen-bond acceptors (Lipinski definition) is 6. The third kappa shape index (κ3) is 7.49. The summed E-state index contributed by atoms with van der Waals surface area (Å²) in [5, 5.41) is 20.3. The number of methoxy groups -OCH3 is 1. The van der Waals surface area contributed by atoms with Gasteiger partial charge < -0.3 is 24.4 Å². The fourth-order valence-corrected chi connectivity index (χ4v) is 3.87. The molecule has 0 bridgehead atoms. The number of hydrogen-bond donors (Lipinski definition) is 2. The molecule has 0 spiro atoms. The van der Waals surface area contributed by atoms with E-state index < -0.39 is 5.97 Å². The number of carbonyl (C=O) groups is 2. The number of Topliss-reactive ketones (excluding diaryl/α,β-unsaturated/α-hetero) is 1. The minimum Gasteiger partial charge on any atom is -0.506 e. The van der Waals surface area contributed by atoms with Crippen molar-refractivity contribution in [2.75, 3.05) is 20.3 Å². The highest BCUT2D eigenvalue weighted by Gasteiger charge is 2.23. The van der Waals surface area contributed by atoms with Crippen LogP contribution in [0.2, 0.25) is 0 Å². The lowest BCUT2D eigenvalue weighted by atomic mass is 9.86. The van der Waals surface area contributed by atoms with Gasteiger partial charge in [-0.3, -0.25) is 4.79 Å². The van der Waals surface area contributed by atoms with Crippen LogP contribution in [0.5, 0.6) is 23.0 Å². The first-order chi connectivity index (χ1) is 17.6. The van der Waals surface area contributed by atoms with Crippen LogP contribution in [0.4, 0.5) is 0 Å². The molecule has 0 heterocycles. The molecule has 3 aromatic carbocycles. The number of carboxylic acid groups (broad SMARTS) is 1. The van der Waals surface area contributed by atoms with Crippen molar-refractivity contribution in [1.29, 1.82) is 0 Å². The van der Waals surface area contributed by atoms with Gasteiger partial charge in [-0.1, -0.05) is 51.1 Å². The van der Waals surface area contributed by atoms with Crippen LogP contribution in [-0.4, -0.2) is 42.3 Å². The van der Waals surface area contributed by atoms with Crippen LogP contribution in [-0.2, 0) is 0 Å². The molecule has 0 saturated heterocycles. The van der Waals surface area contributed by atoms with E-state index in [0.717, 1.165) is 5.56 Å². The van der Waals surface area contributed by atoms with Gasteiger partial charge in [0.1, 0.15) is 11.5 Å². The first-order valence-corrected chi connectivity index (χ1v) is 12.2.